The molecule has 0 aliphatic carbocycles. The zero-order valence-corrected chi connectivity index (χ0v) is 7.35. The fourth-order valence-electron chi connectivity index (χ4n) is 1.44. The number of nitrogens with zero attached hydrogens (tertiary/aromatic N) is 2. The van der Waals surface area contributed by atoms with Crippen molar-refractivity contribution in [2.75, 3.05) is 11.4 Å². The number of aliphatic hydroxyl groups excluding tert-OH is 1. The molecule has 0 spiro atoms. The van der Waals surface area contributed by atoms with Gasteiger partial charge in [0.1, 0.15) is 11.6 Å². The van der Waals surface area contributed by atoms with Crippen molar-refractivity contribution in [3.63, 3.8) is 0 Å². The van der Waals surface area contributed by atoms with Crippen molar-refractivity contribution >= 4 is 11.7 Å². The molecule has 1 fully saturated rings. The number of amides is 1. The molecule has 4 nitrogen and oxygen atoms in total. The lowest BCUT2D eigenvalue weighted by Gasteiger charge is -2.13. The van der Waals surface area contributed by atoms with Gasteiger partial charge in [-0.1, -0.05) is 0 Å². The highest BCUT2D eigenvalue weighted by atomic mass is 19.1. The summed E-state index contributed by atoms with van der Waals surface area (Å²) in [7, 11) is 0. The van der Waals surface area contributed by atoms with E-state index in [-0.39, 0.29) is 18.9 Å². The second kappa shape index (κ2) is 3.34. The molecule has 1 atom stereocenters. The number of β-amino-alcohol motifs (C(OH)–C–C–N with tert-alkyl or cyclic N) is 1. The average Bonchev–Trinajstić information content (AvgIpc) is 2.47. The maximum Gasteiger partial charge on any atom is 0.230 e. The predicted molar refractivity (Wildman–Crippen MR) is 47.2 cm³/mol. The number of anilines is 1. The van der Waals surface area contributed by atoms with Gasteiger partial charge in [-0.05, 0) is 12.1 Å². The normalized spacial score (nSPS) is 21.7. The summed E-state index contributed by atoms with van der Waals surface area (Å²) in [6.45, 7) is 0.234. The van der Waals surface area contributed by atoms with Gasteiger partial charge in [-0.3, -0.25) is 9.69 Å². The molecular formula is C9H9FN2O2. The summed E-state index contributed by atoms with van der Waals surface area (Å²) in [5, 5.41) is 9.22. The zero-order valence-electron chi connectivity index (χ0n) is 7.35. The van der Waals surface area contributed by atoms with Gasteiger partial charge in [0.15, 0.2) is 0 Å². The third-order valence-corrected chi connectivity index (χ3v) is 2.09. The Labute approximate surface area is 80.0 Å². The molecule has 0 saturated carbocycles. The first-order valence-corrected chi connectivity index (χ1v) is 4.27. The zero-order chi connectivity index (χ0) is 10.1. The largest absolute Gasteiger partial charge is 0.391 e. The van der Waals surface area contributed by atoms with E-state index in [9.17, 15) is 14.3 Å². The van der Waals surface area contributed by atoms with Gasteiger partial charge in [-0.2, -0.15) is 0 Å². The number of aliphatic hydroxyl groups is 1. The molecule has 2 heterocycles. The van der Waals surface area contributed by atoms with E-state index < -0.39 is 11.9 Å². The Balaban J connectivity index is 2.23. The Morgan fingerprint density at radius 3 is 2.86 bits per heavy atom. The van der Waals surface area contributed by atoms with Crippen LogP contribution in [-0.2, 0) is 4.79 Å². The van der Waals surface area contributed by atoms with E-state index in [1.165, 1.54) is 17.0 Å². The van der Waals surface area contributed by atoms with Crippen LogP contribution in [0.15, 0.2) is 18.3 Å². The summed E-state index contributed by atoms with van der Waals surface area (Å²) in [5.41, 5.74) is 0. The van der Waals surface area contributed by atoms with Crippen LogP contribution in [0.2, 0.25) is 0 Å². The minimum atomic E-state index is -0.644. The molecule has 1 aromatic rings. The fourth-order valence-corrected chi connectivity index (χ4v) is 1.44. The Hall–Kier alpha value is -1.49. The van der Waals surface area contributed by atoms with E-state index in [0.29, 0.717) is 5.82 Å². The van der Waals surface area contributed by atoms with E-state index in [1.807, 2.05) is 0 Å². The lowest BCUT2D eigenvalue weighted by Crippen LogP contribution is -2.26. The van der Waals surface area contributed by atoms with Crippen LogP contribution in [0, 0.1) is 5.82 Å². The van der Waals surface area contributed by atoms with Gasteiger partial charge in [0.2, 0.25) is 5.91 Å². The van der Waals surface area contributed by atoms with Crippen molar-refractivity contribution < 1.29 is 14.3 Å². The maximum atomic E-state index is 12.5. The van der Waals surface area contributed by atoms with Crippen LogP contribution in [-0.4, -0.2) is 28.6 Å². The number of hydrogen-bond acceptors (Lipinski definition) is 3. The molecule has 2 rings (SSSR count). The van der Waals surface area contributed by atoms with Crippen molar-refractivity contribution in [1.82, 2.24) is 4.98 Å². The number of aromatic nitrogens is 1. The molecule has 1 aliphatic rings. The van der Waals surface area contributed by atoms with Crippen LogP contribution in [0.25, 0.3) is 0 Å². The number of hydrogen-bond donors (Lipinski definition) is 1. The Morgan fingerprint density at radius 2 is 2.36 bits per heavy atom. The highest BCUT2D eigenvalue weighted by Crippen LogP contribution is 2.18. The molecule has 0 aromatic carbocycles. The monoisotopic (exact) mass is 196 g/mol. The summed E-state index contributed by atoms with van der Waals surface area (Å²) in [6.07, 6.45) is 0.515. The van der Waals surface area contributed by atoms with Crippen molar-refractivity contribution in [3.8, 4) is 0 Å². The van der Waals surface area contributed by atoms with Crippen molar-refractivity contribution in [3.05, 3.63) is 24.1 Å². The lowest BCUT2D eigenvalue weighted by atomic mass is 10.3. The van der Waals surface area contributed by atoms with Gasteiger partial charge in [0, 0.05) is 0 Å². The third-order valence-electron chi connectivity index (χ3n) is 2.09. The molecule has 1 amide bonds. The second-order valence-corrected chi connectivity index (χ2v) is 3.20. The molecule has 5 heteroatoms. The molecule has 1 unspecified atom stereocenters. The molecule has 0 bridgehead atoms. The summed E-state index contributed by atoms with van der Waals surface area (Å²) in [4.78, 5) is 16.4. The molecule has 0 radical (unpaired) electrons. The van der Waals surface area contributed by atoms with Crippen LogP contribution in [0.4, 0.5) is 10.2 Å². The number of carbonyl (C=O) groups is 1. The molecule has 1 saturated heterocycles. The van der Waals surface area contributed by atoms with Gasteiger partial charge >= 0.3 is 0 Å². The van der Waals surface area contributed by atoms with Gasteiger partial charge < -0.3 is 5.11 Å². The minimum Gasteiger partial charge on any atom is -0.391 e. The standard InChI is InChI=1S/C9H9FN2O2/c10-6-1-2-8(11-4-6)12-5-7(13)3-9(12)14/h1-2,4,7,13H,3,5H2. The topological polar surface area (TPSA) is 53.4 Å². The van der Waals surface area contributed by atoms with Crippen LogP contribution in [0.1, 0.15) is 6.42 Å². The Kier molecular flexibility index (Phi) is 2.17. The van der Waals surface area contributed by atoms with Crippen molar-refractivity contribution in [1.29, 1.82) is 0 Å². The van der Waals surface area contributed by atoms with Gasteiger partial charge in [-0.25, -0.2) is 9.37 Å². The molecule has 1 aromatic heterocycles. The van der Waals surface area contributed by atoms with Crippen molar-refractivity contribution in [2.45, 2.75) is 12.5 Å². The summed E-state index contributed by atoms with van der Waals surface area (Å²) < 4.78 is 12.5. The first kappa shape index (κ1) is 9.08. The first-order valence-electron chi connectivity index (χ1n) is 4.27. The van der Waals surface area contributed by atoms with Gasteiger partial charge in [-0.15, -0.1) is 0 Å². The van der Waals surface area contributed by atoms with Crippen LogP contribution < -0.4 is 4.90 Å². The van der Waals surface area contributed by atoms with Crippen LogP contribution in [0.3, 0.4) is 0 Å². The average molecular weight is 196 g/mol. The Bertz CT molecular complexity index is 352. The third kappa shape index (κ3) is 1.58. The number of rotatable bonds is 1. The number of carbonyl (C=O) groups excluding carboxylic acids is 1. The van der Waals surface area contributed by atoms with E-state index in [0.717, 1.165) is 6.20 Å². The molecule has 14 heavy (non-hydrogen) atoms. The van der Waals surface area contributed by atoms with E-state index >= 15 is 0 Å². The highest BCUT2D eigenvalue weighted by Gasteiger charge is 2.29. The second-order valence-electron chi connectivity index (χ2n) is 3.20. The quantitative estimate of drug-likeness (QED) is 0.703. The highest BCUT2D eigenvalue weighted by molar-refractivity contribution is 5.95. The maximum absolute atomic E-state index is 12.5. The van der Waals surface area contributed by atoms with E-state index in [2.05, 4.69) is 4.98 Å². The smallest absolute Gasteiger partial charge is 0.230 e. The SMILES string of the molecule is O=C1CC(O)CN1c1ccc(F)cn1. The molecule has 1 N–H and O–H groups in total. The molecule has 74 valence electrons. The minimum absolute atomic E-state index is 0.110. The molecule has 1 aliphatic heterocycles. The van der Waals surface area contributed by atoms with E-state index in [1.54, 1.807) is 0 Å². The van der Waals surface area contributed by atoms with Crippen LogP contribution in [0.5, 0.6) is 0 Å². The summed E-state index contributed by atoms with van der Waals surface area (Å²) in [5.74, 6) is -0.245. The van der Waals surface area contributed by atoms with Crippen LogP contribution >= 0.6 is 0 Å². The fraction of sp³-hybridized carbons (Fsp3) is 0.333. The summed E-state index contributed by atoms with van der Waals surface area (Å²) >= 11 is 0. The molecular weight excluding hydrogens is 187 g/mol. The van der Waals surface area contributed by atoms with Gasteiger partial charge in [0.25, 0.3) is 0 Å². The van der Waals surface area contributed by atoms with Gasteiger partial charge in [0.05, 0.1) is 25.3 Å². The first-order chi connectivity index (χ1) is 6.66. The van der Waals surface area contributed by atoms with Crippen molar-refractivity contribution in [2.24, 2.45) is 0 Å². The summed E-state index contributed by atoms with van der Waals surface area (Å²) in [6, 6.07) is 2.66. The predicted octanol–water partition coefficient (Wildman–Crippen LogP) is 0.318. The van der Waals surface area contributed by atoms with E-state index in [4.69, 9.17) is 0 Å². The lowest BCUT2D eigenvalue weighted by molar-refractivity contribution is -0.117. The Morgan fingerprint density at radius 1 is 1.57 bits per heavy atom. The number of pyridine rings is 1. The number of halogens is 1.